The highest BCUT2D eigenvalue weighted by Crippen LogP contribution is 2.26. The van der Waals surface area contributed by atoms with Gasteiger partial charge in [-0.25, -0.2) is 0 Å². The minimum Gasteiger partial charge on any atom is -0.378 e. The number of carbonyl (C=O) groups excluding carboxylic acids is 1. The molecule has 30 heavy (non-hydrogen) atoms. The quantitative estimate of drug-likeness (QED) is 0.258. The van der Waals surface area contributed by atoms with Crippen LogP contribution >= 0.6 is 34.8 Å². The van der Waals surface area contributed by atoms with Gasteiger partial charge < -0.3 is 15.0 Å². The number of nitrogens with zero attached hydrogens (tertiary/aromatic N) is 2. The minimum absolute atomic E-state index is 0.135. The van der Waals surface area contributed by atoms with Gasteiger partial charge >= 0.3 is 0 Å². The molecular weight excluding hydrogens is 519 g/mol. The number of nitro benzene ring substituents is 1. The zero-order valence-electron chi connectivity index (χ0n) is 16.3. The highest BCUT2D eigenvalue weighted by molar-refractivity contribution is 14.1. The number of non-ortho nitro benzene ring substituents is 1. The van der Waals surface area contributed by atoms with Crippen molar-refractivity contribution in [3.63, 3.8) is 0 Å². The second-order valence-corrected chi connectivity index (χ2v) is 8.28. The van der Waals surface area contributed by atoms with Crippen LogP contribution in [0.15, 0.2) is 36.4 Å². The van der Waals surface area contributed by atoms with E-state index in [2.05, 4.69) is 33.2 Å². The number of morpholine rings is 1. The zero-order valence-corrected chi connectivity index (χ0v) is 19.3. The fourth-order valence-corrected chi connectivity index (χ4v) is 3.96. The SMILES string of the molecule is CCc1cc(I)ccc1NC(=S)NC(=O)c1cc([N+](=O)[O-])ccc1N1CCOCC1. The molecule has 0 radical (unpaired) electrons. The van der Waals surface area contributed by atoms with Gasteiger partial charge in [0.2, 0.25) is 0 Å². The van der Waals surface area contributed by atoms with Crippen molar-refractivity contribution in [3.8, 4) is 0 Å². The summed E-state index contributed by atoms with van der Waals surface area (Å²) in [4.78, 5) is 25.7. The summed E-state index contributed by atoms with van der Waals surface area (Å²) in [5.74, 6) is -0.499. The Hall–Kier alpha value is -2.31. The smallest absolute Gasteiger partial charge is 0.270 e. The van der Waals surface area contributed by atoms with Gasteiger partial charge in [0.05, 0.1) is 29.4 Å². The van der Waals surface area contributed by atoms with E-state index in [1.54, 1.807) is 6.07 Å². The number of hydrogen-bond donors (Lipinski definition) is 2. The van der Waals surface area contributed by atoms with Crippen LogP contribution < -0.4 is 15.5 Å². The Labute approximate surface area is 193 Å². The molecule has 2 N–H and O–H groups in total. The predicted octanol–water partition coefficient (Wildman–Crippen LogP) is 3.73. The van der Waals surface area contributed by atoms with E-state index in [4.69, 9.17) is 17.0 Å². The fourth-order valence-electron chi connectivity index (χ4n) is 3.20. The Kier molecular flexibility index (Phi) is 7.56. The molecule has 0 unspecified atom stereocenters. The molecule has 2 aromatic carbocycles. The number of ether oxygens (including phenoxy) is 1. The Morgan fingerprint density at radius 2 is 2.00 bits per heavy atom. The third-order valence-corrected chi connectivity index (χ3v) is 5.59. The Balaban J connectivity index is 1.82. The van der Waals surface area contributed by atoms with Crippen LogP contribution in [0.2, 0.25) is 0 Å². The first-order chi connectivity index (χ1) is 14.4. The van der Waals surface area contributed by atoms with Crippen LogP contribution in [0.5, 0.6) is 0 Å². The van der Waals surface area contributed by atoms with E-state index in [0.29, 0.717) is 32.0 Å². The maximum Gasteiger partial charge on any atom is 0.270 e. The molecule has 158 valence electrons. The lowest BCUT2D eigenvalue weighted by atomic mass is 10.1. The van der Waals surface area contributed by atoms with E-state index < -0.39 is 10.8 Å². The van der Waals surface area contributed by atoms with Crippen molar-refractivity contribution in [1.29, 1.82) is 0 Å². The first-order valence-electron chi connectivity index (χ1n) is 9.41. The van der Waals surface area contributed by atoms with Gasteiger partial charge in [-0.15, -0.1) is 0 Å². The molecule has 0 bridgehead atoms. The lowest BCUT2D eigenvalue weighted by Crippen LogP contribution is -2.39. The molecule has 0 aliphatic carbocycles. The number of nitro groups is 1. The van der Waals surface area contributed by atoms with E-state index in [1.807, 2.05) is 30.0 Å². The highest BCUT2D eigenvalue weighted by Gasteiger charge is 2.22. The fraction of sp³-hybridized carbons (Fsp3) is 0.300. The molecule has 10 heteroatoms. The second-order valence-electron chi connectivity index (χ2n) is 6.62. The van der Waals surface area contributed by atoms with E-state index in [-0.39, 0.29) is 16.4 Å². The number of rotatable bonds is 5. The normalized spacial score (nSPS) is 13.6. The molecule has 0 spiro atoms. The molecule has 2 aromatic rings. The molecule has 0 atom stereocenters. The van der Waals surface area contributed by atoms with Crippen LogP contribution in [0.25, 0.3) is 0 Å². The molecule has 1 fully saturated rings. The van der Waals surface area contributed by atoms with Crippen LogP contribution in [0.1, 0.15) is 22.8 Å². The monoisotopic (exact) mass is 540 g/mol. The Bertz CT molecular complexity index is 979. The number of anilines is 2. The number of thiocarbonyl (C=S) groups is 1. The number of aryl methyl sites for hydroxylation is 1. The number of nitrogens with one attached hydrogen (secondary N) is 2. The maximum atomic E-state index is 13.0. The standard InChI is InChI=1S/C20H21IN4O4S/c1-2-13-11-14(21)3-5-17(13)22-20(30)23-19(26)16-12-15(25(27)28)4-6-18(16)24-7-9-29-10-8-24/h3-6,11-12H,2,7-10H2,1H3,(H2,22,23,26,30). The van der Waals surface area contributed by atoms with Crippen molar-refractivity contribution < 1.29 is 14.5 Å². The lowest BCUT2D eigenvalue weighted by Gasteiger charge is -2.30. The third-order valence-electron chi connectivity index (χ3n) is 4.71. The summed E-state index contributed by atoms with van der Waals surface area (Å²) < 4.78 is 6.47. The number of carbonyl (C=O) groups is 1. The third kappa shape index (κ3) is 5.43. The van der Waals surface area contributed by atoms with Crippen LogP contribution in [-0.4, -0.2) is 42.2 Å². The predicted molar refractivity (Wildman–Crippen MR) is 128 cm³/mol. The average Bonchev–Trinajstić information content (AvgIpc) is 2.75. The topological polar surface area (TPSA) is 96.7 Å². The van der Waals surface area contributed by atoms with Gasteiger partial charge in [0.1, 0.15) is 0 Å². The number of hydrogen-bond acceptors (Lipinski definition) is 6. The Morgan fingerprint density at radius 1 is 1.27 bits per heavy atom. The molecule has 1 amide bonds. The van der Waals surface area contributed by atoms with Gasteiger partial charge in [-0.05, 0) is 71.1 Å². The molecule has 3 rings (SSSR count). The second kappa shape index (κ2) is 10.1. The first-order valence-corrected chi connectivity index (χ1v) is 10.9. The summed E-state index contributed by atoms with van der Waals surface area (Å²) >= 11 is 7.57. The van der Waals surface area contributed by atoms with Crippen molar-refractivity contribution in [2.24, 2.45) is 0 Å². The van der Waals surface area contributed by atoms with Crippen molar-refractivity contribution in [1.82, 2.24) is 5.32 Å². The molecule has 1 aliphatic heterocycles. The molecule has 1 heterocycles. The summed E-state index contributed by atoms with van der Waals surface area (Å²) in [5.41, 5.74) is 2.56. The summed E-state index contributed by atoms with van der Waals surface area (Å²) in [6.45, 7) is 4.30. The summed E-state index contributed by atoms with van der Waals surface area (Å²) in [7, 11) is 0. The molecule has 1 saturated heterocycles. The lowest BCUT2D eigenvalue weighted by molar-refractivity contribution is -0.384. The van der Waals surface area contributed by atoms with Gasteiger partial charge in [-0.3, -0.25) is 20.2 Å². The molecule has 0 aromatic heterocycles. The van der Waals surface area contributed by atoms with Gasteiger partial charge in [0.25, 0.3) is 11.6 Å². The molecular formula is C20H21IN4O4S. The minimum atomic E-state index is -0.518. The molecule has 1 aliphatic rings. The zero-order chi connectivity index (χ0) is 21.7. The van der Waals surface area contributed by atoms with Crippen molar-refractivity contribution >= 4 is 62.9 Å². The van der Waals surface area contributed by atoms with E-state index in [9.17, 15) is 14.9 Å². The number of halogens is 1. The van der Waals surface area contributed by atoms with Crippen LogP contribution in [0.3, 0.4) is 0 Å². The largest absolute Gasteiger partial charge is 0.378 e. The summed E-state index contributed by atoms with van der Waals surface area (Å²) in [5, 5.41) is 17.1. The number of benzene rings is 2. The van der Waals surface area contributed by atoms with E-state index >= 15 is 0 Å². The van der Waals surface area contributed by atoms with Gasteiger partial charge in [-0.1, -0.05) is 6.92 Å². The van der Waals surface area contributed by atoms with Crippen molar-refractivity contribution in [2.45, 2.75) is 13.3 Å². The van der Waals surface area contributed by atoms with E-state index in [1.165, 1.54) is 12.1 Å². The first kappa shape index (κ1) is 22.4. The highest BCUT2D eigenvalue weighted by atomic mass is 127. The van der Waals surface area contributed by atoms with Gasteiger partial charge in [0.15, 0.2) is 5.11 Å². The van der Waals surface area contributed by atoms with Gasteiger partial charge in [-0.2, -0.15) is 0 Å². The summed E-state index contributed by atoms with van der Waals surface area (Å²) in [6.07, 6.45) is 0.807. The van der Waals surface area contributed by atoms with Crippen molar-refractivity contribution in [3.05, 3.63) is 61.2 Å². The van der Waals surface area contributed by atoms with Crippen LogP contribution in [0.4, 0.5) is 17.1 Å². The number of amides is 1. The van der Waals surface area contributed by atoms with Crippen LogP contribution in [0, 0.1) is 13.7 Å². The van der Waals surface area contributed by atoms with E-state index in [0.717, 1.165) is 21.2 Å². The Morgan fingerprint density at radius 3 is 2.67 bits per heavy atom. The molecule has 8 nitrogen and oxygen atoms in total. The average molecular weight is 540 g/mol. The van der Waals surface area contributed by atoms with Crippen LogP contribution in [-0.2, 0) is 11.2 Å². The van der Waals surface area contributed by atoms with Gasteiger partial charge in [0, 0.05) is 34.5 Å². The maximum absolute atomic E-state index is 13.0. The van der Waals surface area contributed by atoms with Crippen molar-refractivity contribution in [2.75, 3.05) is 36.5 Å². The summed E-state index contributed by atoms with van der Waals surface area (Å²) in [6, 6.07) is 10.2. The molecule has 0 saturated carbocycles.